The zero-order valence-electron chi connectivity index (χ0n) is 19.1. The van der Waals surface area contributed by atoms with Crippen molar-refractivity contribution in [2.24, 2.45) is 0 Å². The minimum Gasteiger partial charge on any atom is -0.494 e. The fourth-order valence-electron chi connectivity index (χ4n) is 3.71. The van der Waals surface area contributed by atoms with Gasteiger partial charge in [0, 0.05) is 18.9 Å². The Hall–Kier alpha value is -3.79. The number of fused-ring (bicyclic) bond motifs is 1. The van der Waals surface area contributed by atoms with Gasteiger partial charge in [-0.25, -0.2) is 4.98 Å². The molecule has 178 valence electrons. The fraction of sp³-hybridized carbons (Fsp3) is 0.292. The molecule has 0 atom stereocenters. The van der Waals surface area contributed by atoms with E-state index in [2.05, 4.69) is 9.97 Å². The average Bonchev–Trinajstić information content (AvgIpc) is 3.16. The van der Waals surface area contributed by atoms with Crippen LogP contribution in [0.25, 0.3) is 10.9 Å². The van der Waals surface area contributed by atoms with Gasteiger partial charge in [0.1, 0.15) is 18.2 Å². The van der Waals surface area contributed by atoms with E-state index in [1.165, 1.54) is 7.11 Å². The van der Waals surface area contributed by atoms with Crippen LogP contribution in [0.3, 0.4) is 0 Å². The lowest BCUT2D eigenvalue weighted by Crippen LogP contribution is -2.27. The standard InChI is InChI=1S/C24H25N3O6S/c1-4-21-25-17-13-19(32-3)18(31-2)12-16(17)23(29)27(21)9-10-33-15-7-5-14(6-8-15)11-20-22(28)26-24(30)34-20/h5-8,12-13,28H,4,9-11H2,1-3H3,(H,26,30). The molecule has 0 spiro atoms. The molecular weight excluding hydrogens is 458 g/mol. The smallest absolute Gasteiger partial charge is 0.307 e. The van der Waals surface area contributed by atoms with Crippen LogP contribution < -0.4 is 24.6 Å². The van der Waals surface area contributed by atoms with Crippen LogP contribution in [0.15, 0.2) is 46.0 Å². The lowest BCUT2D eigenvalue weighted by molar-refractivity contribution is 0.293. The SMILES string of the molecule is CCc1nc2cc(OC)c(OC)cc2c(=O)n1CCOc1ccc(Cc2sc(=O)[nH]c2O)cc1. The minimum atomic E-state index is -0.282. The maximum Gasteiger partial charge on any atom is 0.307 e. The maximum absolute atomic E-state index is 13.2. The van der Waals surface area contributed by atoms with E-state index in [4.69, 9.17) is 14.2 Å². The van der Waals surface area contributed by atoms with Crippen molar-refractivity contribution in [3.8, 4) is 23.1 Å². The molecule has 2 heterocycles. The first kappa shape index (κ1) is 23.4. The van der Waals surface area contributed by atoms with Crippen LogP contribution in [-0.4, -0.2) is 40.5 Å². The normalized spacial score (nSPS) is 11.0. The summed E-state index contributed by atoms with van der Waals surface area (Å²) in [5.41, 5.74) is 1.34. The molecule has 0 aliphatic heterocycles. The molecule has 2 aromatic heterocycles. The van der Waals surface area contributed by atoms with E-state index in [9.17, 15) is 14.7 Å². The first-order valence-corrected chi connectivity index (χ1v) is 11.5. The predicted molar refractivity (Wildman–Crippen MR) is 130 cm³/mol. The fourth-order valence-corrected chi connectivity index (χ4v) is 4.47. The Bertz CT molecular complexity index is 1420. The molecular formula is C24H25N3O6S. The molecule has 0 aliphatic carbocycles. The Morgan fingerprint density at radius 3 is 2.41 bits per heavy atom. The number of aromatic nitrogens is 3. The first-order valence-electron chi connectivity index (χ1n) is 10.7. The van der Waals surface area contributed by atoms with Crippen molar-refractivity contribution in [1.29, 1.82) is 0 Å². The zero-order chi connectivity index (χ0) is 24.2. The molecule has 4 rings (SSSR count). The number of aromatic hydroxyl groups is 1. The van der Waals surface area contributed by atoms with Gasteiger partial charge in [0.2, 0.25) is 5.88 Å². The Morgan fingerprint density at radius 2 is 1.79 bits per heavy atom. The third-order valence-electron chi connectivity index (χ3n) is 5.43. The topological polar surface area (TPSA) is 116 Å². The van der Waals surface area contributed by atoms with E-state index in [-0.39, 0.29) is 22.9 Å². The summed E-state index contributed by atoms with van der Waals surface area (Å²) in [6.45, 7) is 2.57. The third-order valence-corrected chi connectivity index (χ3v) is 6.30. The number of benzene rings is 2. The summed E-state index contributed by atoms with van der Waals surface area (Å²) in [5.74, 6) is 2.22. The third kappa shape index (κ3) is 4.76. The van der Waals surface area contributed by atoms with Crippen LogP contribution in [0.2, 0.25) is 0 Å². The van der Waals surface area contributed by atoms with Gasteiger partial charge in [0.25, 0.3) is 5.56 Å². The van der Waals surface area contributed by atoms with Gasteiger partial charge in [0.05, 0.1) is 36.5 Å². The highest BCUT2D eigenvalue weighted by Gasteiger charge is 2.14. The lowest BCUT2D eigenvalue weighted by Gasteiger charge is -2.15. The molecule has 34 heavy (non-hydrogen) atoms. The van der Waals surface area contributed by atoms with E-state index in [0.717, 1.165) is 16.9 Å². The van der Waals surface area contributed by atoms with Gasteiger partial charge >= 0.3 is 4.87 Å². The molecule has 0 saturated heterocycles. The summed E-state index contributed by atoms with van der Waals surface area (Å²) < 4.78 is 18.1. The van der Waals surface area contributed by atoms with Gasteiger partial charge in [-0.3, -0.25) is 19.1 Å². The lowest BCUT2D eigenvalue weighted by atomic mass is 10.1. The largest absolute Gasteiger partial charge is 0.494 e. The summed E-state index contributed by atoms with van der Waals surface area (Å²) in [4.78, 5) is 31.9. The van der Waals surface area contributed by atoms with Gasteiger partial charge in [0.15, 0.2) is 11.5 Å². The minimum absolute atomic E-state index is 0.0902. The van der Waals surface area contributed by atoms with E-state index >= 15 is 0 Å². The number of thiazole rings is 1. The number of aromatic amines is 1. The van der Waals surface area contributed by atoms with Crippen LogP contribution in [0.4, 0.5) is 0 Å². The van der Waals surface area contributed by atoms with Crippen molar-refractivity contribution < 1.29 is 19.3 Å². The Balaban J connectivity index is 1.48. The van der Waals surface area contributed by atoms with Crippen molar-refractivity contribution in [2.75, 3.05) is 20.8 Å². The Labute approximate surface area is 199 Å². The molecule has 0 saturated carbocycles. The summed E-state index contributed by atoms with van der Waals surface area (Å²) in [6, 6.07) is 10.8. The molecule has 0 amide bonds. The second-order valence-electron chi connectivity index (χ2n) is 7.52. The molecule has 10 heteroatoms. The van der Waals surface area contributed by atoms with Gasteiger partial charge in [-0.15, -0.1) is 0 Å². The first-order chi connectivity index (χ1) is 16.4. The quantitative estimate of drug-likeness (QED) is 0.376. The predicted octanol–water partition coefficient (Wildman–Crippen LogP) is 3.10. The number of hydrogen-bond donors (Lipinski definition) is 2. The van der Waals surface area contributed by atoms with Crippen LogP contribution in [0, 0.1) is 0 Å². The van der Waals surface area contributed by atoms with E-state index in [1.54, 1.807) is 23.8 Å². The molecule has 0 radical (unpaired) electrons. The average molecular weight is 484 g/mol. The highest BCUT2D eigenvalue weighted by molar-refractivity contribution is 7.09. The number of hydrogen-bond acceptors (Lipinski definition) is 8. The van der Waals surface area contributed by atoms with Crippen LogP contribution in [0.5, 0.6) is 23.1 Å². The highest BCUT2D eigenvalue weighted by atomic mass is 32.1. The van der Waals surface area contributed by atoms with Crippen LogP contribution in [-0.2, 0) is 19.4 Å². The second kappa shape index (κ2) is 10.0. The van der Waals surface area contributed by atoms with E-state index in [0.29, 0.717) is 58.2 Å². The molecule has 4 aromatic rings. The summed E-state index contributed by atoms with van der Waals surface area (Å²) in [5, 5.41) is 10.2. The molecule has 0 unspecified atom stereocenters. The number of H-pyrrole nitrogens is 1. The molecule has 2 N–H and O–H groups in total. The van der Waals surface area contributed by atoms with E-state index < -0.39 is 0 Å². The van der Waals surface area contributed by atoms with E-state index in [1.807, 2.05) is 31.2 Å². The zero-order valence-corrected chi connectivity index (χ0v) is 19.9. The number of nitrogens with one attached hydrogen (secondary N) is 1. The number of methoxy groups -OCH3 is 2. The number of rotatable bonds is 9. The number of ether oxygens (including phenoxy) is 3. The molecule has 0 fully saturated rings. The maximum atomic E-state index is 13.2. The van der Waals surface area contributed by atoms with Crippen molar-refractivity contribution in [2.45, 2.75) is 26.3 Å². The van der Waals surface area contributed by atoms with Gasteiger partial charge in [-0.05, 0) is 23.8 Å². The highest BCUT2D eigenvalue weighted by Crippen LogP contribution is 2.30. The van der Waals surface area contributed by atoms with Crippen molar-refractivity contribution >= 4 is 22.2 Å². The summed E-state index contributed by atoms with van der Waals surface area (Å²) >= 11 is 0.989. The van der Waals surface area contributed by atoms with Crippen molar-refractivity contribution in [3.63, 3.8) is 0 Å². The number of nitrogens with zero attached hydrogens (tertiary/aromatic N) is 2. The number of aryl methyl sites for hydroxylation is 1. The molecule has 0 aliphatic rings. The molecule has 9 nitrogen and oxygen atoms in total. The van der Waals surface area contributed by atoms with Gasteiger partial charge in [-0.2, -0.15) is 0 Å². The van der Waals surface area contributed by atoms with Crippen molar-refractivity contribution in [1.82, 2.24) is 14.5 Å². The van der Waals surface area contributed by atoms with Crippen molar-refractivity contribution in [3.05, 3.63) is 72.7 Å². The summed E-state index contributed by atoms with van der Waals surface area (Å²) in [7, 11) is 3.07. The van der Waals surface area contributed by atoms with Crippen LogP contribution >= 0.6 is 11.3 Å². The Kier molecular flexibility index (Phi) is 6.87. The summed E-state index contributed by atoms with van der Waals surface area (Å²) in [6.07, 6.45) is 1.04. The Morgan fingerprint density at radius 1 is 1.09 bits per heavy atom. The second-order valence-corrected chi connectivity index (χ2v) is 8.59. The monoisotopic (exact) mass is 483 g/mol. The van der Waals surface area contributed by atoms with Gasteiger partial charge in [-0.1, -0.05) is 30.4 Å². The molecule has 2 aromatic carbocycles. The molecule has 0 bridgehead atoms. The van der Waals surface area contributed by atoms with Gasteiger partial charge < -0.3 is 19.3 Å². The van der Waals surface area contributed by atoms with Crippen LogP contribution in [0.1, 0.15) is 23.2 Å².